The number of aromatic amines is 1. The first kappa shape index (κ1) is 11.1. The van der Waals surface area contributed by atoms with Crippen LogP contribution in [0.15, 0.2) is 0 Å². The molecular formula is C7H11N5O3. The molecule has 8 nitrogen and oxygen atoms in total. The molecule has 82 valence electrons. The van der Waals surface area contributed by atoms with E-state index in [0.29, 0.717) is 6.54 Å². The van der Waals surface area contributed by atoms with Gasteiger partial charge in [-0.1, -0.05) is 0 Å². The van der Waals surface area contributed by atoms with Crippen LogP contribution in [0.1, 0.15) is 24.0 Å². The van der Waals surface area contributed by atoms with Gasteiger partial charge in [-0.3, -0.25) is 9.59 Å². The number of carbonyl (C=O) groups is 2. The van der Waals surface area contributed by atoms with Crippen LogP contribution in [0.2, 0.25) is 0 Å². The molecular weight excluding hydrogens is 202 g/mol. The highest BCUT2D eigenvalue weighted by molar-refractivity contribution is 5.90. The minimum atomic E-state index is -0.950. The highest BCUT2D eigenvalue weighted by Crippen LogP contribution is 1.98. The number of aliphatic carboxylic acids is 1. The molecule has 0 radical (unpaired) electrons. The second kappa shape index (κ2) is 5.03. The lowest BCUT2D eigenvalue weighted by molar-refractivity contribution is -0.137. The average molecular weight is 213 g/mol. The molecule has 0 spiro atoms. The van der Waals surface area contributed by atoms with Gasteiger partial charge in [-0.15, -0.1) is 10.2 Å². The molecule has 1 rings (SSSR count). The van der Waals surface area contributed by atoms with Crippen LogP contribution in [-0.2, 0) is 4.79 Å². The van der Waals surface area contributed by atoms with Gasteiger partial charge in [-0.05, 0) is 12.1 Å². The molecule has 0 aliphatic carbocycles. The zero-order valence-electron chi connectivity index (χ0n) is 8.17. The summed E-state index contributed by atoms with van der Waals surface area (Å²) >= 11 is 0. The molecule has 8 heteroatoms. The van der Waals surface area contributed by atoms with Crippen molar-refractivity contribution >= 4 is 11.9 Å². The van der Waals surface area contributed by atoms with Crippen molar-refractivity contribution in [2.45, 2.75) is 13.3 Å². The normalized spacial score (nSPS) is 9.93. The monoisotopic (exact) mass is 213 g/mol. The Morgan fingerprint density at radius 3 is 2.73 bits per heavy atom. The van der Waals surface area contributed by atoms with Crippen LogP contribution in [0, 0.1) is 0 Å². The number of hydrogen-bond donors (Lipinski definition) is 2. The molecule has 0 saturated carbocycles. The molecule has 0 aliphatic heterocycles. The fourth-order valence-corrected chi connectivity index (χ4v) is 1.03. The molecule has 1 heterocycles. The number of hydrogen-bond acceptors (Lipinski definition) is 5. The standard InChI is InChI=1S/C7H11N5O3/c1-2-12(4-3-5(13)14)7(15)6-8-10-11-9-6/h2-4H2,1H3,(H,13,14)(H,8,9,10,11). The molecule has 0 fully saturated rings. The number of carbonyl (C=O) groups excluding carboxylic acids is 1. The summed E-state index contributed by atoms with van der Waals surface area (Å²) in [5.41, 5.74) is 0. The number of nitrogens with zero attached hydrogens (tertiary/aromatic N) is 4. The number of carboxylic acids is 1. The Balaban J connectivity index is 2.59. The third-order valence-corrected chi connectivity index (χ3v) is 1.80. The van der Waals surface area contributed by atoms with Gasteiger partial charge >= 0.3 is 5.97 Å². The van der Waals surface area contributed by atoms with Crippen molar-refractivity contribution < 1.29 is 14.7 Å². The maximum Gasteiger partial charge on any atom is 0.305 e. The third-order valence-electron chi connectivity index (χ3n) is 1.80. The zero-order valence-corrected chi connectivity index (χ0v) is 8.17. The number of rotatable bonds is 5. The quantitative estimate of drug-likeness (QED) is 0.657. The van der Waals surface area contributed by atoms with Crippen LogP contribution in [0.3, 0.4) is 0 Å². The SMILES string of the molecule is CCN(CCC(=O)O)C(=O)c1nn[nH]n1. The molecule has 1 aromatic heterocycles. The van der Waals surface area contributed by atoms with Gasteiger partial charge in [0.25, 0.3) is 11.7 Å². The fraction of sp³-hybridized carbons (Fsp3) is 0.571. The van der Waals surface area contributed by atoms with Crippen molar-refractivity contribution in [2.24, 2.45) is 0 Å². The lowest BCUT2D eigenvalue weighted by Gasteiger charge is -2.17. The predicted octanol–water partition coefficient (Wildman–Crippen LogP) is -0.863. The molecule has 1 amide bonds. The Bertz CT molecular complexity index is 336. The van der Waals surface area contributed by atoms with E-state index in [9.17, 15) is 9.59 Å². The summed E-state index contributed by atoms with van der Waals surface area (Å²) in [5, 5.41) is 21.0. The maximum absolute atomic E-state index is 11.6. The third kappa shape index (κ3) is 3.01. The topological polar surface area (TPSA) is 112 Å². The molecule has 15 heavy (non-hydrogen) atoms. The molecule has 0 aliphatic rings. The second-order valence-corrected chi connectivity index (χ2v) is 2.76. The van der Waals surface area contributed by atoms with Crippen LogP contribution in [0.5, 0.6) is 0 Å². The van der Waals surface area contributed by atoms with Crippen molar-refractivity contribution in [3.05, 3.63) is 5.82 Å². The number of aromatic nitrogens is 4. The number of H-pyrrole nitrogens is 1. The van der Waals surface area contributed by atoms with Gasteiger partial charge in [0, 0.05) is 13.1 Å². The van der Waals surface area contributed by atoms with Gasteiger partial charge in [0.1, 0.15) is 0 Å². The molecule has 0 atom stereocenters. The Labute approximate surface area is 85.3 Å². The molecule has 0 saturated heterocycles. The number of carboxylic acid groups (broad SMARTS) is 1. The molecule has 1 aromatic rings. The average Bonchev–Trinajstić information content (AvgIpc) is 2.70. The van der Waals surface area contributed by atoms with Gasteiger partial charge in [-0.2, -0.15) is 5.21 Å². The first-order valence-electron chi connectivity index (χ1n) is 4.39. The van der Waals surface area contributed by atoms with Crippen molar-refractivity contribution in [3.8, 4) is 0 Å². The van der Waals surface area contributed by atoms with E-state index in [0.717, 1.165) is 0 Å². The van der Waals surface area contributed by atoms with Crippen LogP contribution in [-0.4, -0.2) is 55.6 Å². The summed E-state index contributed by atoms with van der Waals surface area (Å²) < 4.78 is 0. The molecule has 0 unspecified atom stereocenters. The smallest absolute Gasteiger partial charge is 0.305 e. The number of tetrazole rings is 1. The first-order valence-corrected chi connectivity index (χ1v) is 4.39. The van der Waals surface area contributed by atoms with Crippen LogP contribution < -0.4 is 0 Å². The number of nitrogens with one attached hydrogen (secondary N) is 1. The van der Waals surface area contributed by atoms with E-state index >= 15 is 0 Å². The van der Waals surface area contributed by atoms with Gasteiger partial charge < -0.3 is 10.0 Å². The van der Waals surface area contributed by atoms with E-state index in [2.05, 4.69) is 20.6 Å². The van der Waals surface area contributed by atoms with Crippen LogP contribution in [0.25, 0.3) is 0 Å². The first-order chi connectivity index (χ1) is 7.15. The van der Waals surface area contributed by atoms with E-state index < -0.39 is 11.9 Å². The fourth-order valence-electron chi connectivity index (χ4n) is 1.03. The van der Waals surface area contributed by atoms with E-state index in [1.54, 1.807) is 6.92 Å². The van der Waals surface area contributed by atoms with E-state index in [-0.39, 0.29) is 18.8 Å². The summed E-state index contributed by atoms with van der Waals surface area (Å²) in [5.74, 6) is -1.43. The summed E-state index contributed by atoms with van der Waals surface area (Å²) in [6.45, 7) is 2.29. The van der Waals surface area contributed by atoms with Crippen molar-refractivity contribution in [2.75, 3.05) is 13.1 Å². The highest BCUT2D eigenvalue weighted by atomic mass is 16.4. The van der Waals surface area contributed by atoms with Crippen LogP contribution >= 0.6 is 0 Å². The van der Waals surface area contributed by atoms with Gasteiger partial charge in [0.2, 0.25) is 0 Å². The summed E-state index contributed by atoms with van der Waals surface area (Å²) in [7, 11) is 0. The minimum Gasteiger partial charge on any atom is -0.481 e. The maximum atomic E-state index is 11.6. The zero-order chi connectivity index (χ0) is 11.3. The van der Waals surface area contributed by atoms with Crippen molar-refractivity contribution in [3.63, 3.8) is 0 Å². The lowest BCUT2D eigenvalue weighted by Crippen LogP contribution is -2.33. The Morgan fingerprint density at radius 1 is 1.53 bits per heavy atom. The summed E-state index contributed by atoms with van der Waals surface area (Å²) in [6, 6.07) is 0. The van der Waals surface area contributed by atoms with Crippen molar-refractivity contribution in [1.82, 2.24) is 25.5 Å². The van der Waals surface area contributed by atoms with Gasteiger partial charge in [-0.25, -0.2) is 0 Å². The highest BCUT2D eigenvalue weighted by Gasteiger charge is 2.18. The van der Waals surface area contributed by atoms with Crippen LogP contribution in [0.4, 0.5) is 0 Å². The van der Waals surface area contributed by atoms with E-state index in [1.165, 1.54) is 4.90 Å². The minimum absolute atomic E-state index is 0.0535. The molecule has 0 bridgehead atoms. The van der Waals surface area contributed by atoms with E-state index in [1.807, 2.05) is 0 Å². The lowest BCUT2D eigenvalue weighted by atomic mass is 10.3. The predicted molar refractivity (Wildman–Crippen MR) is 48.0 cm³/mol. The Hall–Kier alpha value is -1.99. The number of amides is 1. The van der Waals surface area contributed by atoms with E-state index in [4.69, 9.17) is 5.11 Å². The largest absolute Gasteiger partial charge is 0.481 e. The Kier molecular flexibility index (Phi) is 3.72. The van der Waals surface area contributed by atoms with Gasteiger partial charge in [0.15, 0.2) is 0 Å². The summed E-state index contributed by atoms with van der Waals surface area (Å²) in [4.78, 5) is 23.3. The molecule has 0 aromatic carbocycles. The van der Waals surface area contributed by atoms with Crippen molar-refractivity contribution in [1.29, 1.82) is 0 Å². The molecule has 2 N–H and O–H groups in total. The second-order valence-electron chi connectivity index (χ2n) is 2.76. The summed E-state index contributed by atoms with van der Waals surface area (Å²) in [6.07, 6.45) is -0.0998. The Morgan fingerprint density at radius 2 is 2.27 bits per heavy atom. The van der Waals surface area contributed by atoms with Gasteiger partial charge in [0.05, 0.1) is 6.42 Å².